The fourth-order valence-electron chi connectivity index (χ4n) is 6.43. The topological polar surface area (TPSA) is 92.3 Å². The van der Waals surface area contributed by atoms with Crippen LogP contribution in [0.5, 0.6) is 0 Å². The van der Waals surface area contributed by atoms with Crippen LogP contribution in [-0.4, -0.2) is 43.9 Å². The van der Waals surface area contributed by atoms with Gasteiger partial charge in [0.2, 0.25) is 0 Å². The van der Waals surface area contributed by atoms with E-state index in [1.165, 1.54) is 23.0 Å². The first-order chi connectivity index (χ1) is 19.8. The van der Waals surface area contributed by atoms with Crippen molar-refractivity contribution in [2.24, 2.45) is 10.7 Å². The lowest BCUT2D eigenvalue weighted by Gasteiger charge is -2.46. The van der Waals surface area contributed by atoms with Crippen LogP contribution >= 0.6 is 11.6 Å². The van der Waals surface area contributed by atoms with Crippen molar-refractivity contribution in [2.75, 3.05) is 6.54 Å². The number of halogens is 2. The zero-order chi connectivity index (χ0) is 28.7. The smallest absolute Gasteiger partial charge is 0.351 e. The van der Waals surface area contributed by atoms with Crippen molar-refractivity contribution < 1.29 is 4.39 Å². The zero-order valence-corrected chi connectivity index (χ0v) is 24.3. The molecule has 6 rings (SSSR count). The van der Waals surface area contributed by atoms with E-state index in [4.69, 9.17) is 22.3 Å². The molecule has 1 fully saturated rings. The molecular weight excluding hydrogens is 539 g/mol. The molecule has 0 spiro atoms. The number of nitrogens with zero attached hydrogens (tertiary/aromatic N) is 4. The second-order valence-corrected chi connectivity index (χ2v) is 11.9. The van der Waals surface area contributed by atoms with Crippen molar-refractivity contribution >= 4 is 28.5 Å². The second kappa shape index (κ2) is 11.4. The Morgan fingerprint density at radius 2 is 1.98 bits per heavy atom. The number of amidine groups is 1. The summed E-state index contributed by atoms with van der Waals surface area (Å²) in [6.07, 6.45) is 8.89. The van der Waals surface area contributed by atoms with E-state index in [0.717, 1.165) is 55.7 Å². The van der Waals surface area contributed by atoms with Gasteiger partial charge in [-0.2, -0.15) is 4.98 Å². The third-order valence-electron chi connectivity index (χ3n) is 8.49. The Kier molecular flexibility index (Phi) is 7.70. The number of rotatable bonds is 7. The van der Waals surface area contributed by atoms with Crippen LogP contribution in [0.3, 0.4) is 0 Å². The fourth-order valence-corrected chi connectivity index (χ4v) is 6.67. The maximum atomic E-state index is 15.1. The summed E-state index contributed by atoms with van der Waals surface area (Å²) in [6.45, 7) is 5.00. The molecule has 0 unspecified atom stereocenters. The number of hydrogen-bond acceptors (Lipinski definition) is 5. The summed E-state index contributed by atoms with van der Waals surface area (Å²) < 4.78 is 16.7. The van der Waals surface area contributed by atoms with Gasteiger partial charge in [-0.3, -0.25) is 9.56 Å². The highest BCUT2D eigenvalue weighted by Gasteiger charge is 2.33. The third-order valence-corrected chi connectivity index (χ3v) is 8.76. The van der Waals surface area contributed by atoms with Crippen LogP contribution < -0.4 is 11.4 Å². The number of aryl methyl sites for hydroxylation is 1. The molecule has 41 heavy (non-hydrogen) atoms. The molecule has 0 aliphatic carbocycles. The van der Waals surface area contributed by atoms with E-state index in [9.17, 15) is 4.79 Å². The first-order valence-corrected chi connectivity index (χ1v) is 14.9. The standard InChI is InChI=1S/C32H36ClFN6O/c1-19(35)5-3-6-21-15-26(30(34)27(33)16-21)28-17-23-18-39(32(41)38-31(23)37-28)24-11-9-22(10-12-24)29-8-4-7-25-13-14-36-20(2)40(25)29/h9-12,15-19,25,29H,3-8,13-14,35H2,1-2H3,(H,37,38,41)/t19-,25-,29-/m0/s1. The van der Waals surface area contributed by atoms with Gasteiger partial charge in [0.25, 0.3) is 0 Å². The van der Waals surface area contributed by atoms with E-state index >= 15 is 4.39 Å². The number of nitrogens with one attached hydrogen (secondary N) is 1. The van der Waals surface area contributed by atoms with Gasteiger partial charge in [0.15, 0.2) is 5.82 Å². The van der Waals surface area contributed by atoms with Crippen molar-refractivity contribution in [1.29, 1.82) is 0 Å². The van der Waals surface area contributed by atoms with Gasteiger partial charge in [-0.05, 0) is 100 Å². The van der Waals surface area contributed by atoms with Crippen LogP contribution in [0.2, 0.25) is 5.02 Å². The fraction of sp³-hybridized carbons (Fsp3) is 0.406. The van der Waals surface area contributed by atoms with E-state index in [1.807, 2.05) is 31.2 Å². The first kappa shape index (κ1) is 27.7. The molecule has 1 saturated heterocycles. The van der Waals surface area contributed by atoms with Crippen LogP contribution in [0.25, 0.3) is 28.0 Å². The van der Waals surface area contributed by atoms with Gasteiger partial charge in [-0.1, -0.05) is 23.7 Å². The average Bonchev–Trinajstić information content (AvgIpc) is 3.36. The minimum atomic E-state index is -0.501. The Balaban J connectivity index is 1.29. The van der Waals surface area contributed by atoms with Gasteiger partial charge < -0.3 is 15.6 Å². The molecule has 0 amide bonds. The molecule has 4 heterocycles. The summed E-state index contributed by atoms with van der Waals surface area (Å²) in [6, 6.07) is 14.4. The van der Waals surface area contributed by atoms with E-state index in [0.29, 0.717) is 34.4 Å². The lowest BCUT2D eigenvalue weighted by atomic mass is 9.88. The molecule has 3 N–H and O–H groups in total. The maximum Gasteiger partial charge on any atom is 0.354 e. The molecule has 7 nitrogen and oxygen atoms in total. The number of fused-ring (bicyclic) bond motifs is 2. The van der Waals surface area contributed by atoms with E-state index in [2.05, 4.69) is 33.9 Å². The number of benzene rings is 2. The van der Waals surface area contributed by atoms with Crippen LogP contribution in [0.15, 0.2) is 58.4 Å². The molecule has 4 aromatic rings. The normalized spacial score (nSPS) is 19.7. The third kappa shape index (κ3) is 5.55. The molecule has 0 saturated carbocycles. The molecule has 2 aromatic carbocycles. The summed E-state index contributed by atoms with van der Waals surface area (Å²) in [4.78, 5) is 27.6. The van der Waals surface area contributed by atoms with Crippen LogP contribution in [0.1, 0.15) is 69.5 Å². The molecule has 2 aliphatic rings. The Hall–Kier alpha value is -3.49. The first-order valence-electron chi connectivity index (χ1n) is 14.5. The van der Waals surface area contributed by atoms with Gasteiger partial charge in [-0.25, -0.2) is 9.18 Å². The quantitative estimate of drug-likeness (QED) is 0.261. The van der Waals surface area contributed by atoms with Gasteiger partial charge in [0.05, 0.1) is 28.3 Å². The van der Waals surface area contributed by atoms with E-state index in [1.54, 1.807) is 12.3 Å². The number of nitrogens with two attached hydrogens (primary N) is 1. The molecule has 2 aliphatic heterocycles. The van der Waals surface area contributed by atoms with Crippen molar-refractivity contribution in [3.05, 3.63) is 81.1 Å². The van der Waals surface area contributed by atoms with Crippen LogP contribution in [0.4, 0.5) is 4.39 Å². The summed E-state index contributed by atoms with van der Waals surface area (Å²) in [5.74, 6) is 0.622. The lowest BCUT2D eigenvalue weighted by molar-refractivity contribution is 0.150. The molecular formula is C32H36ClFN6O. The van der Waals surface area contributed by atoms with Gasteiger partial charge >= 0.3 is 5.69 Å². The molecule has 9 heteroatoms. The van der Waals surface area contributed by atoms with Crippen molar-refractivity contribution in [3.63, 3.8) is 0 Å². The minimum Gasteiger partial charge on any atom is -0.351 e. The summed E-state index contributed by atoms with van der Waals surface area (Å²) in [5.41, 5.74) is 9.67. The lowest BCUT2D eigenvalue weighted by Crippen LogP contribution is -2.47. The highest BCUT2D eigenvalue weighted by atomic mass is 35.5. The minimum absolute atomic E-state index is 0.0693. The average molecular weight is 575 g/mol. The number of aromatic amines is 1. The highest BCUT2D eigenvalue weighted by Crippen LogP contribution is 2.38. The molecule has 0 bridgehead atoms. The van der Waals surface area contributed by atoms with Crippen molar-refractivity contribution in [2.45, 2.75) is 76.9 Å². The number of piperidine rings is 1. The van der Waals surface area contributed by atoms with Crippen LogP contribution in [0, 0.1) is 5.82 Å². The Morgan fingerprint density at radius 3 is 2.76 bits per heavy atom. The van der Waals surface area contributed by atoms with Crippen LogP contribution in [-0.2, 0) is 6.42 Å². The summed E-state index contributed by atoms with van der Waals surface area (Å²) in [5, 5.41) is 0.775. The number of aliphatic imine (C=N–C) groups is 1. The van der Waals surface area contributed by atoms with E-state index < -0.39 is 11.5 Å². The second-order valence-electron chi connectivity index (χ2n) is 11.5. The van der Waals surface area contributed by atoms with Gasteiger partial charge in [0, 0.05) is 35.8 Å². The van der Waals surface area contributed by atoms with Gasteiger partial charge in [0.1, 0.15) is 5.65 Å². The Morgan fingerprint density at radius 1 is 1.17 bits per heavy atom. The predicted octanol–water partition coefficient (Wildman–Crippen LogP) is 6.56. The SMILES string of the molecule is CC1=NCC[C@@H]2CCC[C@@H](c3ccc(-n4cc5cc(-c6cc(CCC[C@H](C)N)cc(Cl)c6F)[nH]c5nc4=O)cc3)N12. The summed E-state index contributed by atoms with van der Waals surface area (Å²) in [7, 11) is 0. The monoisotopic (exact) mass is 574 g/mol. The highest BCUT2D eigenvalue weighted by molar-refractivity contribution is 6.31. The predicted molar refractivity (Wildman–Crippen MR) is 163 cm³/mol. The molecule has 3 atom stereocenters. The maximum absolute atomic E-state index is 15.1. The van der Waals surface area contributed by atoms with E-state index in [-0.39, 0.29) is 11.1 Å². The Labute approximate surface area is 244 Å². The van der Waals surface area contributed by atoms with Gasteiger partial charge in [-0.15, -0.1) is 0 Å². The summed E-state index contributed by atoms with van der Waals surface area (Å²) >= 11 is 6.26. The van der Waals surface area contributed by atoms with Crippen molar-refractivity contribution in [1.82, 2.24) is 19.4 Å². The molecule has 214 valence electrons. The molecule has 0 radical (unpaired) electrons. The number of aromatic nitrogens is 3. The Bertz CT molecular complexity index is 1660. The molecule has 2 aromatic heterocycles. The van der Waals surface area contributed by atoms with Crippen molar-refractivity contribution in [3.8, 4) is 16.9 Å². The number of H-pyrrole nitrogens is 1. The number of hydrogen-bond donors (Lipinski definition) is 2. The zero-order valence-electron chi connectivity index (χ0n) is 23.5. The largest absolute Gasteiger partial charge is 0.354 e.